The van der Waals surface area contributed by atoms with Gasteiger partial charge in [0.1, 0.15) is 0 Å². The summed E-state index contributed by atoms with van der Waals surface area (Å²) in [4.78, 5) is 12.6. The summed E-state index contributed by atoms with van der Waals surface area (Å²) in [5, 5.41) is 9.68. The van der Waals surface area contributed by atoms with Gasteiger partial charge in [0, 0.05) is 12.1 Å². The van der Waals surface area contributed by atoms with Gasteiger partial charge in [-0.25, -0.2) is 4.79 Å². The van der Waals surface area contributed by atoms with Crippen LogP contribution < -0.4 is 10.6 Å². The van der Waals surface area contributed by atoms with Crippen LogP contribution in [0.3, 0.4) is 0 Å². The van der Waals surface area contributed by atoms with Crippen LogP contribution in [0.1, 0.15) is 18.1 Å². The van der Waals surface area contributed by atoms with E-state index in [9.17, 15) is 9.90 Å². The number of anilines is 1. The number of primary amides is 1. The normalized spacial score (nSPS) is 20.4. The van der Waals surface area contributed by atoms with Gasteiger partial charge < -0.3 is 10.8 Å². The number of carbonyl (C=O) groups excluding carboxylic acids is 1. The third-order valence-corrected chi connectivity index (χ3v) is 2.48. The Balaban J connectivity index is 2.46. The summed E-state index contributed by atoms with van der Waals surface area (Å²) in [7, 11) is 0. The molecule has 0 saturated heterocycles. The van der Waals surface area contributed by atoms with Crippen molar-refractivity contribution in [1.82, 2.24) is 0 Å². The number of hydrogen-bond donors (Lipinski definition) is 2. The Hall–Kier alpha value is -1.55. The highest BCUT2D eigenvalue weighted by atomic mass is 16.3. The average Bonchev–Trinajstić information content (AvgIpc) is 2.18. The van der Waals surface area contributed by atoms with Crippen LogP contribution in [0.2, 0.25) is 0 Å². The van der Waals surface area contributed by atoms with Crippen molar-refractivity contribution in [2.24, 2.45) is 5.73 Å². The van der Waals surface area contributed by atoms with Gasteiger partial charge in [-0.2, -0.15) is 0 Å². The molecular formula is C10H12N2O2. The SMILES string of the molecule is NC(=O)N1CCC(O)c2ccccc21. The van der Waals surface area contributed by atoms with E-state index >= 15 is 0 Å². The van der Waals surface area contributed by atoms with Crippen LogP contribution >= 0.6 is 0 Å². The smallest absolute Gasteiger partial charge is 0.319 e. The first kappa shape index (κ1) is 9.02. The maximum absolute atomic E-state index is 11.1. The Bertz CT molecular complexity index is 365. The van der Waals surface area contributed by atoms with Gasteiger partial charge in [0.2, 0.25) is 0 Å². The highest BCUT2D eigenvalue weighted by Gasteiger charge is 2.25. The van der Waals surface area contributed by atoms with Crippen LogP contribution in [-0.4, -0.2) is 17.7 Å². The number of nitrogens with zero attached hydrogens (tertiary/aromatic N) is 1. The molecule has 1 aromatic rings. The van der Waals surface area contributed by atoms with E-state index in [2.05, 4.69) is 0 Å². The number of hydrogen-bond acceptors (Lipinski definition) is 2. The molecule has 1 unspecified atom stereocenters. The molecule has 4 nitrogen and oxygen atoms in total. The van der Waals surface area contributed by atoms with Crippen LogP contribution in [0, 0.1) is 0 Å². The number of benzene rings is 1. The lowest BCUT2D eigenvalue weighted by atomic mass is 9.99. The summed E-state index contributed by atoms with van der Waals surface area (Å²) < 4.78 is 0. The largest absolute Gasteiger partial charge is 0.388 e. The topological polar surface area (TPSA) is 66.6 Å². The first-order valence-corrected chi connectivity index (χ1v) is 4.54. The summed E-state index contributed by atoms with van der Waals surface area (Å²) in [6, 6.07) is 6.81. The molecule has 1 aromatic carbocycles. The second-order valence-corrected chi connectivity index (χ2v) is 3.35. The summed E-state index contributed by atoms with van der Waals surface area (Å²) in [5.74, 6) is 0. The lowest BCUT2D eigenvalue weighted by molar-refractivity contribution is 0.164. The van der Waals surface area contributed by atoms with E-state index < -0.39 is 12.1 Å². The van der Waals surface area contributed by atoms with Crippen LogP contribution in [0.15, 0.2) is 24.3 Å². The predicted octanol–water partition coefficient (Wildman–Crippen LogP) is 1.01. The standard InChI is InChI=1S/C10H12N2O2/c11-10(14)12-6-5-9(13)7-3-1-2-4-8(7)12/h1-4,9,13H,5-6H2,(H2,11,14). The molecular weight excluding hydrogens is 180 g/mol. The molecule has 1 aliphatic heterocycles. The minimum absolute atomic E-state index is 0.468. The average molecular weight is 192 g/mol. The molecule has 0 spiro atoms. The van der Waals surface area contributed by atoms with Gasteiger partial charge in [0.25, 0.3) is 0 Å². The fraction of sp³-hybridized carbons (Fsp3) is 0.300. The van der Waals surface area contributed by atoms with Crippen molar-refractivity contribution >= 4 is 11.7 Å². The summed E-state index contributed by atoms with van der Waals surface area (Å²) in [6.07, 6.45) is 0.0572. The summed E-state index contributed by atoms with van der Waals surface area (Å²) in [5.41, 5.74) is 6.73. The second kappa shape index (κ2) is 3.31. The Morgan fingerprint density at radius 3 is 2.93 bits per heavy atom. The van der Waals surface area contributed by atoms with Crippen molar-refractivity contribution in [3.63, 3.8) is 0 Å². The Kier molecular flexibility index (Phi) is 2.13. The van der Waals surface area contributed by atoms with E-state index in [1.165, 1.54) is 4.90 Å². The zero-order chi connectivity index (χ0) is 10.1. The van der Waals surface area contributed by atoms with Gasteiger partial charge in [0.15, 0.2) is 0 Å². The van der Waals surface area contributed by atoms with Crippen molar-refractivity contribution in [2.45, 2.75) is 12.5 Å². The van der Waals surface area contributed by atoms with Gasteiger partial charge in [0.05, 0.1) is 11.8 Å². The van der Waals surface area contributed by atoms with E-state index in [0.29, 0.717) is 13.0 Å². The fourth-order valence-corrected chi connectivity index (χ4v) is 1.77. The van der Waals surface area contributed by atoms with E-state index in [-0.39, 0.29) is 0 Å². The van der Waals surface area contributed by atoms with Gasteiger partial charge in [-0.05, 0) is 12.5 Å². The molecule has 0 saturated carbocycles. The third-order valence-electron chi connectivity index (χ3n) is 2.48. The van der Waals surface area contributed by atoms with Crippen LogP contribution in [0.25, 0.3) is 0 Å². The third kappa shape index (κ3) is 1.33. The molecule has 2 amide bonds. The lowest BCUT2D eigenvalue weighted by Gasteiger charge is -2.30. The molecule has 74 valence electrons. The molecule has 14 heavy (non-hydrogen) atoms. The number of carbonyl (C=O) groups is 1. The van der Waals surface area contributed by atoms with Crippen molar-refractivity contribution < 1.29 is 9.90 Å². The number of amides is 2. The molecule has 0 bridgehead atoms. The number of aliphatic hydroxyl groups is 1. The van der Waals surface area contributed by atoms with Gasteiger partial charge in [-0.15, -0.1) is 0 Å². The maximum Gasteiger partial charge on any atom is 0.319 e. The molecule has 3 N–H and O–H groups in total. The van der Waals surface area contributed by atoms with Crippen molar-refractivity contribution in [1.29, 1.82) is 0 Å². The minimum Gasteiger partial charge on any atom is -0.388 e. The van der Waals surface area contributed by atoms with E-state index in [4.69, 9.17) is 5.73 Å². The molecule has 0 aromatic heterocycles. The van der Waals surface area contributed by atoms with Gasteiger partial charge >= 0.3 is 6.03 Å². The zero-order valence-electron chi connectivity index (χ0n) is 7.68. The number of aliphatic hydroxyl groups excluding tert-OH is 1. The van der Waals surface area contributed by atoms with E-state index in [1.807, 2.05) is 18.2 Å². The first-order chi connectivity index (χ1) is 6.70. The van der Waals surface area contributed by atoms with E-state index in [0.717, 1.165) is 11.3 Å². The molecule has 0 aliphatic carbocycles. The molecule has 1 aliphatic rings. The quantitative estimate of drug-likeness (QED) is 0.644. The number of para-hydroxylation sites is 1. The van der Waals surface area contributed by atoms with Gasteiger partial charge in [-0.3, -0.25) is 4.90 Å². The lowest BCUT2D eigenvalue weighted by Crippen LogP contribution is -2.40. The molecule has 0 fully saturated rings. The number of fused-ring (bicyclic) bond motifs is 1. The number of urea groups is 1. The summed E-state index contributed by atoms with van der Waals surface area (Å²) in [6.45, 7) is 0.480. The van der Waals surface area contributed by atoms with Crippen LogP contribution in [0.4, 0.5) is 10.5 Å². The van der Waals surface area contributed by atoms with Crippen molar-refractivity contribution in [3.8, 4) is 0 Å². The molecule has 1 atom stereocenters. The Morgan fingerprint density at radius 1 is 1.50 bits per heavy atom. The fourth-order valence-electron chi connectivity index (χ4n) is 1.77. The highest BCUT2D eigenvalue weighted by Crippen LogP contribution is 2.32. The second-order valence-electron chi connectivity index (χ2n) is 3.35. The zero-order valence-corrected chi connectivity index (χ0v) is 7.68. The van der Waals surface area contributed by atoms with Crippen LogP contribution in [-0.2, 0) is 0 Å². The predicted molar refractivity (Wildman–Crippen MR) is 52.9 cm³/mol. The van der Waals surface area contributed by atoms with Crippen molar-refractivity contribution in [3.05, 3.63) is 29.8 Å². The summed E-state index contributed by atoms with van der Waals surface area (Å²) >= 11 is 0. The monoisotopic (exact) mass is 192 g/mol. The maximum atomic E-state index is 11.1. The number of nitrogens with two attached hydrogens (primary N) is 1. The molecule has 4 heteroatoms. The highest BCUT2D eigenvalue weighted by molar-refractivity contribution is 5.92. The van der Waals surface area contributed by atoms with Gasteiger partial charge in [-0.1, -0.05) is 18.2 Å². The molecule has 1 heterocycles. The van der Waals surface area contributed by atoms with Crippen molar-refractivity contribution in [2.75, 3.05) is 11.4 Å². The van der Waals surface area contributed by atoms with E-state index in [1.54, 1.807) is 6.07 Å². The Morgan fingerprint density at radius 2 is 2.21 bits per heavy atom. The first-order valence-electron chi connectivity index (χ1n) is 4.54. The van der Waals surface area contributed by atoms with Crippen LogP contribution in [0.5, 0.6) is 0 Å². The minimum atomic E-state index is -0.484. The number of rotatable bonds is 0. The Labute approximate surface area is 81.9 Å². The molecule has 0 radical (unpaired) electrons. The molecule has 2 rings (SSSR count).